The van der Waals surface area contributed by atoms with Crippen LogP contribution >= 0.6 is 0 Å². The molecule has 4 rings (SSSR count). The number of hydrogen-bond donors (Lipinski definition) is 4. The predicted molar refractivity (Wildman–Crippen MR) is 126 cm³/mol. The van der Waals surface area contributed by atoms with Crippen molar-refractivity contribution < 1.29 is 9.84 Å². The van der Waals surface area contributed by atoms with Crippen molar-refractivity contribution in [1.82, 2.24) is 15.0 Å². The van der Waals surface area contributed by atoms with Crippen LogP contribution in [0.5, 0.6) is 17.4 Å². The largest absolute Gasteiger partial charge is 0.508 e. The van der Waals surface area contributed by atoms with Crippen molar-refractivity contribution in [3.8, 4) is 28.6 Å². The third-order valence-electron chi connectivity index (χ3n) is 4.56. The van der Waals surface area contributed by atoms with Crippen LogP contribution in [0.3, 0.4) is 0 Å². The van der Waals surface area contributed by atoms with Crippen LogP contribution in [0.25, 0.3) is 11.3 Å². The number of nitrogens with zero attached hydrogens (tertiary/aromatic N) is 3. The second-order valence-corrected chi connectivity index (χ2v) is 7.09. The van der Waals surface area contributed by atoms with Gasteiger partial charge in [0.2, 0.25) is 5.88 Å². The van der Waals surface area contributed by atoms with E-state index in [1.165, 1.54) is 0 Å². The summed E-state index contributed by atoms with van der Waals surface area (Å²) in [5, 5.41) is 8.99. The second kappa shape index (κ2) is 10.2. The SMILES string of the molecule is Cc1cc(N)ccc1O.Cc1cc(N)ccc1Oc1ncccc1-c1ccnc(CN)n1. The van der Waals surface area contributed by atoms with E-state index in [2.05, 4.69) is 15.0 Å². The van der Waals surface area contributed by atoms with Crippen molar-refractivity contribution in [1.29, 1.82) is 0 Å². The fourth-order valence-electron chi connectivity index (χ4n) is 2.88. The number of phenolic OH excluding ortho intramolecular Hbond substituents is 1. The first-order valence-electron chi connectivity index (χ1n) is 9.94. The molecule has 164 valence electrons. The number of hydrogen-bond acceptors (Lipinski definition) is 8. The molecule has 0 saturated carbocycles. The van der Waals surface area contributed by atoms with Crippen LogP contribution in [0, 0.1) is 13.8 Å². The molecule has 0 saturated heterocycles. The minimum atomic E-state index is 0.279. The van der Waals surface area contributed by atoms with Gasteiger partial charge in [-0.15, -0.1) is 0 Å². The van der Waals surface area contributed by atoms with Crippen molar-refractivity contribution in [2.24, 2.45) is 5.73 Å². The summed E-state index contributed by atoms with van der Waals surface area (Å²) in [6, 6.07) is 16.0. The highest BCUT2D eigenvalue weighted by atomic mass is 16.5. The van der Waals surface area contributed by atoms with Crippen molar-refractivity contribution in [3.63, 3.8) is 0 Å². The molecule has 32 heavy (non-hydrogen) atoms. The van der Waals surface area contributed by atoms with Crippen molar-refractivity contribution in [3.05, 3.63) is 83.9 Å². The van der Waals surface area contributed by atoms with Gasteiger partial charge in [0.15, 0.2) is 0 Å². The molecule has 0 atom stereocenters. The summed E-state index contributed by atoms with van der Waals surface area (Å²) in [5.41, 5.74) is 21.4. The Labute approximate surface area is 186 Å². The zero-order valence-corrected chi connectivity index (χ0v) is 18.0. The first-order chi connectivity index (χ1) is 15.4. The van der Waals surface area contributed by atoms with Gasteiger partial charge in [0.05, 0.1) is 17.8 Å². The number of rotatable bonds is 4. The van der Waals surface area contributed by atoms with Crippen LogP contribution in [0.2, 0.25) is 0 Å². The summed E-state index contributed by atoms with van der Waals surface area (Å²) >= 11 is 0. The molecule has 0 amide bonds. The number of nitrogen functional groups attached to an aromatic ring is 2. The smallest absolute Gasteiger partial charge is 0.228 e. The van der Waals surface area contributed by atoms with Gasteiger partial charge in [-0.3, -0.25) is 0 Å². The predicted octanol–water partition coefficient (Wildman–Crippen LogP) is 3.96. The Morgan fingerprint density at radius 1 is 0.875 bits per heavy atom. The van der Waals surface area contributed by atoms with Crippen molar-refractivity contribution in [2.75, 3.05) is 11.5 Å². The number of phenols is 1. The fourth-order valence-corrected chi connectivity index (χ4v) is 2.88. The summed E-state index contributed by atoms with van der Waals surface area (Å²) in [6.45, 7) is 4.03. The lowest BCUT2D eigenvalue weighted by Gasteiger charge is -2.12. The van der Waals surface area contributed by atoms with E-state index >= 15 is 0 Å². The molecule has 0 spiro atoms. The highest BCUT2D eigenvalue weighted by molar-refractivity contribution is 5.65. The van der Waals surface area contributed by atoms with E-state index in [4.69, 9.17) is 27.0 Å². The number of ether oxygens (including phenoxy) is 1. The highest BCUT2D eigenvalue weighted by Gasteiger charge is 2.12. The number of aromatic hydroxyl groups is 1. The molecule has 2 aromatic heterocycles. The summed E-state index contributed by atoms with van der Waals surface area (Å²) in [7, 11) is 0. The molecule has 8 nitrogen and oxygen atoms in total. The molecule has 4 aromatic rings. The van der Waals surface area contributed by atoms with Gasteiger partial charge >= 0.3 is 0 Å². The van der Waals surface area contributed by atoms with Gasteiger partial charge in [0.1, 0.15) is 17.3 Å². The number of aryl methyl sites for hydroxylation is 2. The van der Waals surface area contributed by atoms with E-state index in [-0.39, 0.29) is 6.54 Å². The monoisotopic (exact) mass is 430 g/mol. The van der Waals surface area contributed by atoms with Gasteiger partial charge < -0.3 is 27.0 Å². The summed E-state index contributed by atoms with van der Waals surface area (Å²) in [5.74, 6) is 2.04. The van der Waals surface area contributed by atoms with E-state index < -0.39 is 0 Å². The van der Waals surface area contributed by atoms with Crippen LogP contribution < -0.4 is 21.9 Å². The molecule has 0 bridgehead atoms. The lowest BCUT2D eigenvalue weighted by Crippen LogP contribution is -2.03. The van der Waals surface area contributed by atoms with E-state index in [1.807, 2.05) is 38.1 Å². The Hall–Kier alpha value is -4.17. The van der Waals surface area contributed by atoms with Crippen molar-refractivity contribution >= 4 is 11.4 Å². The minimum Gasteiger partial charge on any atom is -0.508 e. The van der Waals surface area contributed by atoms with E-state index in [0.29, 0.717) is 34.6 Å². The molecule has 0 aliphatic rings. The Bertz CT molecular complexity index is 1210. The first kappa shape index (κ1) is 22.5. The van der Waals surface area contributed by atoms with Crippen LogP contribution in [-0.4, -0.2) is 20.1 Å². The lowest BCUT2D eigenvalue weighted by molar-refractivity contribution is 0.461. The molecule has 2 aromatic carbocycles. The van der Waals surface area contributed by atoms with Crippen LogP contribution in [-0.2, 0) is 6.54 Å². The Balaban J connectivity index is 0.000000269. The first-order valence-corrected chi connectivity index (χ1v) is 9.94. The highest BCUT2D eigenvalue weighted by Crippen LogP contribution is 2.32. The van der Waals surface area contributed by atoms with Crippen LogP contribution in [0.15, 0.2) is 67.0 Å². The third kappa shape index (κ3) is 5.71. The molecule has 8 heteroatoms. The molecular weight excluding hydrogens is 404 g/mol. The van der Waals surface area contributed by atoms with E-state index in [9.17, 15) is 0 Å². The molecule has 0 fully saturated rings. The zero-order valence-electron chi connectivity index (χ0n) is 18.0. The number of anilines is 2. The maximum atomic E-state index is 8.99. The van der Waals surface area contributed by atoms with Crippen LogP contribution in [0.4, 0.5) is 11.4 Å². The molecule has 0 aliphatic heterocycles. The van der Waals surface area contributed by atoms with Gasteiger partial charge in [-0.2, -0.15) is 0 Å². The van der Waals surface area contributed by atoms with E-state index in [1.54, 1.807) is 42.7 Å². The topological polar surface area (TPSA) is 146 Å². The van der Waals surface area contributed by atoms with Gasteiger partial charge in [0, 0.05) is 23.8 Å². The third-order valence-corrected chi connectivity index (χ3v) is 4.56. The Kier molecular flexibility index (Phi) is 7.20. The maximum Gasteiger partial charge on any atom is 0.228 e. The average Bonchev–Trinajstić information content (AvgIpc) is 2.79. The summed E-state index contributed by atoms with van der Waals surface area (Å²) < 4.78 is 5.96. The fraction of sp³-hybridized carbons (Fsp3) is 0.125. The Morgan fingerprint density at radius 3 is 2.25 bits per heavy atom. The number of aromatic nitrogens is 3. The second-order valence-electron chi connectivity index (χ2n) is 7.09. The van der Waals surface area contributed by atoms with Gasteiger partial charge in [-0.25, -0.2) is 15.0 Å². The number of pyridine rings is 1. The van der Waals surface area contributed by atoms with E-state index in [0.717, 1.165) is 22.4 Å². The molecule has 2 heterocycles. The molecular formula is C24H26N6O2. The quantitative estimate of drug-likeness (QED) is 0.281. The number of benzene rings is 2. The average molecular weight is 431 g/mol. The van der Waals surface area contributed by atoms with Crippen LogP contribution in [0.1, 0.15) is 17.0 Å². The summed E-state index contributed by atoms with van der Waals surface area (Å²) in [6.07, 6.45) is 3.35. The van der Waals surface area contributed by atoms with Gasteiger partial charge in [0.25, 0.3) is 0 Å². The van der Waals surface area contributed by atoms with Crippen molar-refractivity contribution in [2.45, 2.75) is 20.4 Å². The minimum absolute atomic E-state index is 0.279. The number of nitrogens with two attached hydrogens (primary N) is 3. The molecule has 0 radical (unpaired) electrons. The maximum absolute atomic E-state index is 8.99. The lowest BCUT2D eigenvalue weighted by atomic mass is 10.2. The van der Waals surface area contributed by atoms with Gasteiger partial charge in [-0.05, 0) is 79.6 Å². The molecule has 0 unspecified atom stereocenters. The molecule has 0 aliphatic carbocycles. The normalized spacial score (nSPS) is 10.2. The van der Waals surface area contributed by atoms with Gasteiger partial charge in [-0.1, -0.05) is 0 Å². The Morgan fingerprint density at radius 2 is 1.59 bits per heavy atom. The molecule has 7 N–H and O–H groups in total. The summed E-state index contributed by atoms with van der Waals surface area (Å²) in [4.78, 5) is 12.9. The standard InChI is InChI=1S/C17H17N5O.C7H9NO/c1-11-9-12(19)4-5-15(11)23-17-13(3-2-7-21-17)14-6-8-20-16(10-18)22-14;1-5-4-6(8)2-3-7(5)9/h2-9H,10,18-19H2,1H3;2-4,9H,8H2,1H3. The zero-order chi connectivity index (χ0) is 23.1.